The van der Waals surface area contributed by atoms with E-state index in [0.29, 0.717) is 33.5 Å². The van der Waals surface area contributed by atoms with Crippen molar-refractivity contribution in [3.63, 3.8) is 0 Å². The highest BCUT2D eigenvalue weighted by molar-refractivity contribution is 6.36. The molecular formula is C21H22Cl2N4O4. The fourth-order valence-electron chi connectivity index (χ4n) is 2.22. The van der Waals surface area contributed by atoms with Crippen molar-refractivity contribution in [3.8, 4) is 5.75 Å². The van der Waals surface area contributed by atoms with E-state index in [1.807, 2.05) is 6.92 Å². The van der Waals surface area contributed by atoms with Crippen molar-refractivity contribution in [2.24, 2.45) is 5.10 Å². The third-order valence-corrected chi connectivity index (χ3v) is 4.56. The summed E-state index contributed by atoms with van der Waals surface area (Å²) in [7, 11) is 0. The normalized spacial score (nSPS) is 11.6. The third kappa shape index (κ3) is 8.27. The van der Waals surface area contributed by atoms with Crippen molar-refractivity contribution in [2.45, 2.75) is 26.3 Å². The van der Waals surface area contributed by atoms with Gasteiger partial charge in [0.05, 0.1) is 16.9 Å². The molecule has 0 aromatic heterocycles. The third-order valence-electron chi connectivity index (χ3n) is 4.01. The van der Waals surface area contributed by atoms with Crippen LogP contribution in [0.2, 0.25) is 10.0 Å². The van der Waals surface area contributed by atoms with Gasteiger partial charge in [0.2, 0.25) is 0 Å². The molecule has 0 radical (unpaired) electrons. The SMILES string of the molecule is CC[C@H](C)NC(=O)C(=O)N/N=C\c1cccc(OCC(=O)Nc2ccc(Cl)cc2Cl)c1. The van der Waals surface area contributed by atoms with E-state index in [-0.39, 0.29) is 12.6 Å². The first-order valence-electron chi connectivity index (χ1n) is 9.40. The molecule has 2 rings (SSSR count). The molecule has 0 saturated heterocycles. The number of benzene rings is 2. The number of rotatable bonds is 8. The fraction of sp³-hybridized carbons (Fsp3) is 0.238. The molecule has 0 unspecified atom stereocenters. The van der Waals surface area contributed by atoms with Gasteiger partial charge in [0.1, 0.15) is 5.75 Å². The molecule has 0 aliphatic rings. The van der Waals surface area contributed by atoms with Crippen molar-refractivity contribution in [1.82, 2.24) is 10.7 Å². The van der Waals surface area contributed by atoms with Crippen LogP contribution < -0.4 is 20.8 Å². The Hall–Kier alpha value is -3.10. The number of hydrogen-bond donors (Lipinski definition) is 3. The van der Waals surface area contributed by atoms with Crippen LogP contribution >= 0.6 is 23.2 Å². The zero-order valence-electron chi connectivity index (χ0n) is 16.9. The van der Waals surface area contributed by atoms with Crippen LogP contribution in [0.5, 0.6) is 5.75 Å². The lowest BCUT2D eigenvalue weighted by molar-refractivity contribution is -0.139. The lowest BCUT2D eigenvalue weighted by Gasteiger charge is -2.10. The number of anilines is 1. The molecule has 3 amide bonds. The summed E-state index contributed by atoms with van der Waals surface area (Å²) in [6, 6.07) is 11.3. The van der Waals surface area contributed by atoms with Crippen LogP contribution in [0, 0.1) is 0 Å². The first kappa shape index (κ1) is 24.2. The largest absolute Gasteiger partial charge is 0.484 e. The van der Waals surface area contributed by atoms with E-state index in [4.69, 9.17) is 27.9 Å². The molecule has 0 aliphatic heterocycles. The molecule has 164 valence electrons. The highest BCUT2D eigenvalue weighted by Gasteiger charge is 2.14. The molecule has 3 N–H and O–H groups in total. The molecule has 31 heavy (non-hydrogen) atoms. The van der Waals surface area contributed by atoms with Crippen molar-refractivity contribution in [3.05, 3.63) is 58.1 Å². The summed E-state index contributed by atoms with van der Waals surface area (Å²) < 4.78 is 5.47. The molecule has 0 bridgehead atoms. The molecule has 1 atom stereocenters. The van der Waals surface area contributed by atoms with Crippen LogP contribution in [-0.4, -0.2) is 36.6 Å². The van der Waals surface area contributed by atoms with Gasteiger partial charge in [-0.15, -0.1) is 0 Å². The summed E-state index contributed by atoms with van der Waals surface area (Å²) in [5.41, 5.74) is 3.18. The molecule has 0 aliphatic carbocycles. The number of amides is 3. The molecule has 0 fully saturated rings. The van der Waals surface area contributed by atoms with Gasteiger partial charge in [-0.2, -0.15) is 5.10 Å². The number of ether oxygens (including phenoxy) is 1. The fourth-order valence-corrected chi connectivity index (χ4v) is 2.67. The minimum Gasteiger partial charge on any atom is -0.484 e. The van der Waals surface area contributed by atoms with E-state index in [0.717, 1.165) is 0 Å². The predicted molar refractivity (Wildman–Crippen MR) is 121 cm³/mol. The number of halogens is 2. The standard InChI is InChI=1S/C21H22Cl2N4O4/c1-3-13(2)25-20(29)21(30)27-24-11-14-5-4-6-16(9-14)31-12-19(28)26-18-8-7-15(22)10-17(18)23/h4-11,13H,3,12H2,1-2H3,(H,25,29)(H,26,28)(H,27,30)/b24-11-/t13-/m0/s1. The first-order valence-corrected chi connectivity index (χ1v) is 10.2. The summed E-state index contributed by atoms with van der Waals surface area (Å²) in [5, 5.41) is 9.71. The Morgan fingerprint density at radius 2 is 1.90 bits per heavy atom. The summed E-state index contributed by atoms with van der Waals surface area (Å²) >= 11 is 11.9. The molecule has 10 heteroatoms. The van der Waals surface area contributed by atoms with Crippen LogP contribution in [0.3, 0.4) is 0 Å². The van der Waals surface area contributed by atoms with Crippen molar-refractivity contribution >= 4 is 52.8 Å². The van der Waals surface area contributed by atoms with Crippen LogP contribution in [0.25, 0.3) is 0 Å². The predicted octanol–water partition coefficient (Wildman–Crippen LogP) is 3.38. The van der Waals surface area contributed by atoms with Crippen LogP contribution in [0.15, 0.2) is 47.6 Å². The minimum absolute atomic E-state index is 0.107. The van der Waals surface area contributed by atoms with Gasteiger partial charge >= 0.3 is 11.8 Å². The lowest BCUT2D eigenvalue weighted by atomic mass is 10.2. The van der Waals surface area contributed by atoms with Gasteiger partial charge in [0.15, 0.2) is 6.61 Å². The average Bonchev–Trinajstić information content (AvgIpc) is 2.74. The molecule has 0 heterocycles. The number of carbonyl (C=O) groups is 3. The Labute approximate surface area is 189 Å². The highest BCUT2D eigenvalue weighted by atomic mass is 35.5. The Bertz CT molecular complexity index is 982. The lowest BCUT2D eigenvalue weighted by Crippen LogP contribution is -2.41. The molecule has 0 spiro atoms. The minimum atomic E-state index is -0.860. The Balaban J connectivity index is 1.85. The molecule has 8 nitrogen and oxygen atoms in total. The van der Waals surface area contributed by atoms with Gasteiger partial charge in [0.25, 0.3) is 5.91 Å². The molecule has 2 aromatic carbocycles. The smallest absolute Gasteiger partial charge is 0.329 e. The van der Waals surface area contributed by atoms with E-state index in [2.05, 4.69) is 21.2 Å². The van der Waals surface area contributed by atoms with Crippen LogP contribution in [0.4, 0.5) is 5.69 Å². The zero-order valence-corrected chi connectivity index (χ0v) is 18.5. The number of nitrogens with one attached hydrogen (secondary N) is 3. The monoisotopic (exact) mass is 464 g/mol. The topological polar surface area (TPSA) is 109 Å². The Kier molecular flexibility index (Phi) is 9.30. The van der Waals surface area contributed by atoms with Gasteiger partial charge < -0.3 is 15.4 Å². The van der Waals surface area contributed by atoms with E-state index in [9.17, 15) is 14.4 Å². The number of nitrogens with zero attached hydrogens (tertiary/aromatic N) is 1. The van der Waals surface area contributed by atoms with E-state index in [1.165, 1.54) is 12.3 Å². The number of hydrazone groups is 1. The van der Waals surface area contributed by atoms with Gasteiger partial charge in [-0.25, -0.2) is 5.43 Å². The van der Waals surface area contributed by atoms with E-state index >= 15 is 0 Å². The van der Waals surface area contributed by atoms with Crippen LogP contribution in [-0.2, 0) is 14.4 Å². The van der Waals surface area contributed by atoms with Crippen molar-refractivity contribution in [2.75, 3.05) is 11.9 Å². The maximum absolute atomic E-state index is 12.1. The first-order chi connectivity index (χ1) is 14.8. The summed E-state index contributed by atoms with van der Waals surface area (Å²) in [4.78, 5) is 35.4. The van der Waals surface area contributed by atoms with Crippen molar-refractivity contribution < 1.29 is 19.1 Å². The second-order valence-corrected chi connectivity index (χ2v) is 7.36. The number of carbonyl (C=O) groups excluding carboxylic acids is 3. The molecular weight excluding hydrogens is 443 g/mol. The average molecular weight is 465 g/mol. The number of hydrogen-bond acceptors (Lipinski definition) is 5. The van der Waals surface area contributed by atoms with E-state index < -0.39 is 17.7 Å². The Morgan fingerprint density at radius 1 is 1.13 bits per heavy atom. The highest BCUT2D eigenvalue weighted by Crippen LogP contribution is 2.25. The Morgan fingerprint density at radius 3 is 2.61 bits per heavy atom. The molecule has 0 saturated carbocycles. The van der Waals surface area contributed by atoms with Gasteiger partial charge in [0, 0.05) is 11.1 Å². The second kappa shape index (κ2) is 11.9. The molecule has 2 aromatic rings. The zero-order chi connectivity index (χ0) is 22.8. The van der Waals surface area contributed by atoms with Crippen molar-refractivity contribution in [1.29, 1.82) is 0 Å². The second-order valence-electron chi connectivity index (χ2n) is 6.52. The summed E-state index contributed by atoms with van der Waals surface area (Å²) in [6.07, 6.45) is 2.06. The van der Waals surface area contributed by atoms with Gasteiger partial charge in [-0.05, 0) is 49.2 Å². The quantitative estimate of drug-likeness (QED) is 0.316. The van der Waals surface area contributed by atoms with Gasteiger partial charge in [-0.3, -0.25) is 14.4 Å². The van der Waals surface area contributed by atoms with Crippen LogP contribution in [0.1, 0.15) is 25.8 Å². The maximum Gasteiger partial charge on any atom is 0.329 e. The summed E-state index contributed by atoms with van der Waals surface area (Å²) in [5.74, 6) is -1.60. The summed E-state index contributed by atoms with van der Waals surface area (Å²) in [6.45, 7) is 3.45. The van der Waals surface area contributed by atoms with E-state index in [1.54, 1.807) is 43.3 Å². The van der Waals surface area contributed by atoms with Gasteiger partial charge in [-0.1, -0.05) is 42.3 Å². The maximum atomic E-state index is 12.1.